The van der Waals surface area contributed by atoms with Crippen LogP contribution in [-0.2, 0) is 0 Å². The summed E-state index contributed by atoms with van der Waals surface area (Å²) in [5.41, 5.74) is 7.16. The van der Waals surface area contributed by atoms with Crippen molar-refractivity contribution in [2.24, 2.45) is 5.73 Å². The molecule has 0 spiro atoms. The summed E-state index contributed by atoms with van der Waals surface area (Å²) < 4.78 is 1.17. The molecule has 0 aliphatic carbocycles. The summed E-state index contributed by atoms with van der Waals surface area (Å²) in [5.74, 6) is 0. The maximum atomic E-state index is 5.90. The molecule has 0 bridgehead atoms. The molecule has 0 aromatic carbocycles. The van der Waals surface area contributed by atoms with Crippen LogP contribution < -0.4 is 5.73 Å². The van der Waals surface area contributed by atoms with Crippen molar-refractivity contribution >= 4 is 27.3 Å². The second kappa shape index (κ2) is 4.24. The standard InChI is InChI=1S/C8H12BrNS/c1-2-3-7(10)6-4-8(9)11-5-6/h4-5,7H,2-3,10H2,1H3. The molecule has 0 amide bonds. The molecule has 0 radical (unpaired) electrons. The van der Waals surface area contributed by atoms with Gasteiger partial charge in [-0.05, 0) is 39.4 Å². The first-order valence-electron chi connectivity index (χ1n) is 3.73. The average Bonchev–Trinajstić information content (AvgIpc) is 2.36. The van der Waals surface area contributed by atoms with Gasteiger partial charge in [0.2, 0.25) is 0 Å². The lowest BCUT2D eigenvalue weighted by atomic mass is 10.1. The van der Waals surface area contributed by atoms with Crippen LogP contribution in [0.3, 0.4) is 0 Å². The second-order valence-corrected chi connectivity index (χ2v) is 4.87. The Kier molecular flexibility index (Phi) is 3.55. The fourth-order valence-electron chi connectivity index (χ4n) is 0.996. The molecule has 1 nitrogen and oxygen atoms in total. The third-order valence-electron chi connectivity index (χ3n) is 1.62. The number of thiophene rings is 1. The number of rotatable bonds is 3. The number of hydrogen-bond donors (Lipinski definition) is 1. The summed E-state index contributed by atoms with van der Waals surface area (Å²) in [5, 5.41) is 2.12. The summed E-state index contributed by atoms with van der Waals surface area (Å²) in [6.07, 6.45) is 2.22. The lowest BCUT2D eigenvalue weighted by molar-refractivity contribution is 0.640. The van der Waals surface area contributed by atoms with Gasteiger partial charge >= 0.3 is 0 Å². The molecular weight excluding hydrogens is 222 g/mol. The highest BCUT2D eigenvalue weighted by Crippen LogP contribution is 2.25. The monoisotopic (exact) mass is 233 g/mol. The predicted octanol–water partition coefficient (Wildman–Crippen LogP) is 3.31. The highest BCUT2D eigenvalue weighted by molar-refractivity contribution is 9.11. The Labute approximate surface area is 79.7 Å². The van der Waals surface area contributed by atoms with E-state index >= 15 is 0 Å². The molecular formula is C8H12BrNS. The van der Waals surface area contributed by atoms with Crippen LogP contribution in [0.4, 0.5) is 0 Å². The van der Waals surface area contributed by atoms with Gasteiger partial charge in [0.15, 0.2) is 0 Å². The van der Waals surface area contributed by atoms with E-state index in [0.29, 0.717) is 0 Å². The molecule has 0 aliphatic rings. The van der Waals surface area contributed by atoms with Crippen LogP contribution in [0.25, 0.3) is 0 Å². The summed E-state index contributed by atoms with van der Waals surface area (Å²) in [4.78, 5) is 0. The van der Waals surface area contributed by atoms with Crippen molar-refractivity contribution in [3.63, 3.8) is 0 Å². The highest BCUT2D eigenvalue weighted by atomic mass is 79.9. The van der Waals surface area contributed by atoms with E-state index in [2.05, 4.69) is 34.3 Å². The third kappa shape index (κ3) is 2.58. The number of nitrogens with two attached hydrogens (primary N) is 1. The highest BCUT2D eigenvalue weighted by Gasteiger charge is 2.05. The molecule has 1 heterocycles. The van der Waals surface area contributed by atoms with Crippen molar-refractivity contribution in [1.29, 1.82) is 0 Å². The first kappa shape index (κ1) is 9.23. The van der Waals surface area contributed by atoms with Gasteiger partial charge < -0.3 is 5.73 Å². The first-order valence-corrected chi connectivity index (χ1v) is 5.40. The van der Waals surface area contributed by atoms with Gasteiger partial charge in [-0.2, -0.15) is 0 Å². The van der Waals surface area contributed by atoms with Gasteiger partial charge in [0, 0.05) is 6.04 Å². The summed E-state index contributed by atoms with van der Waals surface area (Å²) in [6.45, 7) is 2.15. The number of halogens is 1. The SMILES string of the molecule is CCCC(N)c1csc(Br)c1. The van der Waals surface area contributed by atoms with Crippen LogP contribution in [0, 0.1) is 0 Å². The van der Waals surface area contributed by atoms with Gasteiger partial charge in [0.1, 0.15) is 0 Å². The fourth-order valence-corrected chi connectivity index (χ4v) is 2.24. The maximum absolute atomic E-state index is 5.90. The summed E-state index contributed by atoms with van der Waals surface area (Å²) in [7, 11) is 0. The second-order valence-electron chi connectivity index (χ2n) is 2.58. The van der Waals surface area contributed by atoms with Gasteiger partial charge in [-0.15, -0.1) is 11.3 Å². The van der Waals surface area contributed by atoms with Crippen LogP contribution in [0.15, 0.2) is 15.2 Å². The lowest BCUT2D eigenvalue weighted by Crippen LogP contribution is -2.08. The van der Waals surface area contributed by atoms with Gasteiger partial charge in [-0.1, -0.05) is 13.3 Å². The predicted molar refractivity (Wildman–Crippen MR) is 53.9 cm³/mol. The smallest absolute Gasteiger partial charge is 0.0701 e. The van der Waals surface area contributed by atoms with E-state index in [1.165, 1.54) is 9.35 Å². The molecule has 62 valence electrons. The molecule has 0 fully saturated rings. The molecule has 1 aromatic heterocycles. The van der Waals surface area contributed by atoms with Crippen molar-refractivity contribution in [3.05, 3.63) is 20.8 Å². The molecule has 3 heteroatoms. The van der Waals surface area contributed by atoms with Gasteiger partial charge in [0.25, 0.3) is 0 Å². The fraction of sp³-hybridized carbons (Fsp3) is 0.500. The lowest BCUT2D eigenvalue weighted by Gasteiger charge is -2.06. The van der Waals surface area contributed by atoms with Crippen LogP contribution in [0.5, 0.6) is 0 Å². The van der Waals surface area contributed by atoms with E-state index in [1.54, 1.807) is 11.3 Å². The van der Waals surface area contributed by atoms with Crippen LogP contribution >= 0.6 is 27.3 Å². The van der Waals surface area contributed by atoms with E-state index in [0.717, 1.165) is 12.8 Å². The molecule has 2 N–H and O–H groups in total. The van der Waals surface area contributed by atoms with Crippen molar-refractivity contribution in [1.82, 2.24) is 0 Å². The zero-order valence-electron chi connectivity index (χ0n) is 6.51. The Morgan fingerprint density at radius 3 is 2.91 bits per heavy atom. The first-order chi connectivity index (χ1) is 5.24. The van der Waals surface area contributed by atoms with Crippen molar-refractivity contribution in [2.75, 3.05) is 0 Å². The third-order valence-corrected chi connectivity index (χ3v) is 3.14. The summed E-state index contributed by atoms with van der Waals surface area (Å²) in [6, 6.07) is 2.33. The van der Waals surface area contributed by atoms with Crippen molar-refractivity contribution < 1.29 is 0 Å². The molecule has 1 atom stereocenters. The quantitative estimate of drug-likeness (QED) is 0.853. The van der Waals surface area contributed by atoms with Crippen molar-refractivity contribution in [3.8, 4) is 0 Å². The molecule has 1 rings (SSSR count). The minimum Gasteiger partial charge on any atom is -0.324 e. The van der Waals surface area contributed by atoms with Crippen molar-refractivity contribution in [2.45, 2.75) is 25.8 Å². The minimum absolute atomic E-state index is 0.225. The Morgan fingerprint density at radius 2 is 2.45 bits per heavy atom. The molecule has 0 aliphatic heterocycles. The maximum Gasteiger partial charge on any atom is 0.0701 e. The van der Waals surface area contributed by atoms with Gasteiger partial charge in [-0.25, -0.2) is 0 Å². The Morgan fingerprint density at radius 1 is 1.73 bits per heavy atom. The summed E-state index contributed by atoms with van der Waals surface area (Å²) >= 11 is 5.11. The van der Waals surface area contributed by atoms with Crippen LogP contribution in [-0.4, -0.2) is 0 Å². The van der Waals surface area contributed by atoms with Gasteiger partial charge in [-0.3, -0.25) is 0 Å². The molecule has 11 heavy (non-hydrogen) atoms. The van der Waals surface area contributed by atoms with E-state index in [9.17, 15) is 0 Å². The number of hydrogen-bond acceptors (Lipinski definition) is 2. The van der Waals surface area contributed by atoms with E-state index in [1.807, 2.05) is 0 Å². The van der Waals surface area contributed by atoms with E-state index in [-0.39, 0.29) is 6.04 Å². The normalized spacial score (nSPS) is 13.4. The van der Waals surface area contributed by atoms with Crippen LogP contribution in [0.2, 0.25) is 0 Å². The topological polar surface area (TPSA) is 26.0 Å². The molecule has 0 saturated heterocycles. The van der Waals surface area contributed by atoms with Gasteiger partial charge in [0.05, 0.1) is 3.79 Å². The Bertz CT molecular complexity index is 222. The zero-order valence-corrected chi connectivity index (χ0v) is 8.91. The largest absolute Gasteiger partial charge is 0.324 e. The molecule has 1 aromatic rings. The molecule has 1 unspecified atom stereocenters. The minimum atomic E-state index is 0.225. The molecule has 0 saturated carbocycles. The van der Waals surface area contributed by atoms with Crippen LogP contribution in [0.1, 0.15) is 31.4 Å². The average molecular weight is 234 g/mol. The zero-order chi connectivity index (χ0) is 8.27. The Balaban J connectivity index is 2.60. The Hall–Kier alpha value is 0.140. The van der Waals surface area contributed by atoms with E-state index < -0.39 is 0 Å². The van der Waals surface area contributed by atoms with E-state index in [4.69, 9.17) is 5.73 Å².